The third-order valence-electron chi connectivity index (χ3n) is 4.48. The molecule has 150 valence electrons. The molecule has 7 heteroatoms. The fourth-order valence-electron chi connectivity index (χ4n) is 2.59. The van der Waals surface area contributed by atoms with E-state index in [9.17, 15) is 18.0 Å². The molecule has 0 spiro atoms. The molecule has 0 aromatic heterocycles. The predicted octanol–water partition coefficient (Wildman–Crippen LogP) is 2.94. The van der Waals surface area contributed by atoms with E-state index in [1.54, 1.807) is 43.3 Å². The van der Waals surface area contributed by atoms with Crippen LogP contribution in [0.1, 0.15) is 53.5 Å². The first-order valence-corrected chi connectivity index (χ1v) is 10.9. The molecule has 0 aliphatic heterocycles. The van der Waals surface area contributed by atoms with Crippen molar-refractivity contribution in [2.45, 2.75) is 44.7 Å². The average Bonchev–Trinajstić information content (AvgIpc) is 2.72. The van der Waals surface area contributed by atoms with Crippen molar-refractivity contribution < 1.29 is 18.0 Å². The van der Waals surface area contributed by atoms with Crippen LogP contribution in [-0.4, -0.2) is 32.0 Å². The highest BCUT2D eigenvalue weighted by Gasteiger charge is 2.20. The smallest absolute Gasteiger partial charge is 0.252 e. The number of amides is 2. The summed E-state index contributed by atoms with van der Waals surface area (Å²) in [6, 6.07) is 13.2. The molecular formula is C21H26N2O4S. The lowest BCUT2D eigenvalue weighted by atomic mass is 10.1. The highest BCUT2D eigenvalue weighted by molar-refractivity contribution is 7.91. The van der Waals surface area contributed by atoms with E-state index in [2.05, 4.69) is 10.6 Å². The molecule has 0 aliphatic carbocycles. The average molecular weight is 403 g/mol. The normalized spacial score (nSPS) is 12.2. The maximum Gasteiger partial charge on any atom is 0.252 e. The molecule has 2 amide bonds. The summed E-state index contributed by atoms with van der Waals surface area (Å²) >= 11 is 0. The third-order valence-corrected chi connectivity index (χ3v) is 6.27. The lowest BCUT2D eigenvalue weighted by molar-refractivity contribution is 0.0936. The van der Waals surface area contributed by atoms with Gasteiger partial charge in [-0.15, -0.1) is 0 Å². The zero-order valence-corrected chi connectivity index (χ0v) is 17.2. The van der Waals surface area contributed by atoms with Gasteiger partial charge in [0.2, 0.25) is 0 Å². The summed E-state index contributed by atoms with van der Waals surface area (Å²) in [5, 5.41) is 5.64. The van der Waals surface area contributed by atoms with E-state index in [4.69, 9.17) is 0 Å². The number of rotatable bonds is 8. The van der Waals surface area contributed by atoms with E-state index in [1.165, 1.54) is 12.1 Å². The van der Waals surface area contributed by atoms with Gasteiger partial charge in [-0.05, 0) is 43.2 Å². The number of carbonyl (C=O) groups excluding carboxylic acids is 2. The number of carbonyl (C=O) groups is 2. The quantitative estimate of drug-likeness (QED) is 0.710. The van der Waals surface area contributed by atoms with Gasteiger partial charge >= 0.3 is 0 Å². The summed E-state index contributed by atoms with van der Waals surface area (Å²) in [6.07, 6.45) is 0.835. The molecular weight excluding hydrogens is 376 g/mol. The topological polar surface area (TPSA) is 92.3 Å². The predicted molar refractivity (Wildman–Crippen MR) is 109 cm³/mol. The van der Waals surface area contributed by atoms with Crippen molar-refractivity contribution in [1.82, 2.24) is 10.6 Å². The van der Waals surface area contributed by atoms with Crippen molar-refractivity contribution in [1.29, 1.82) is 0 Å². The molecule has 0 aliphatic rings. The molecule has 0 fully saturated rings. The molecule has 2 aromatic rings. The van der Waals surface area contributed by atoms with Gasteiger partial charge in [0.1, 0.15) is 0 Å². The van der Waals surface area contributed by atoms with Crippen molar-refractivity contribution in [2.24, 2.45) is 0 Å². The molecule has 2 N–H and O–H groups in total. The Morgan fingerprint density at radius 3 is 2.39 bits per heavy atom. The van der Waals surface area contributed by atoms with Gasteiger partial charge in [-0.25, -0.2) is 8.42 Å². The van der Waals surface area contributed by atoms with Crippen LogP contribution >= 0.6 is 0 Å². The summed E-state index contributed by atoms with van der Waals surface area (Å²) in [5.74, 6) is -0.714. The van der Waals surface area contributed by atoms with Crippen LogP contribution in [0.3, 0.4) is 0 Å². The van der Waals surface area contributed by atoms with Crippen LogP contribution < -0.4 is 10.6 Å². The van der Waals surface area contributed by atoms with E-state index in [0.29, 0.717) is 5.56 Å². The molecule has 6 nitrogen and oxygen atoms in total. The van der Waals surface area contributed by atoms with Gasteiger partial charge in [0.15, 0.2) is 9.84 Å². The van der Waals surface area contributed by atoms with Crippen molar-refractivity contribution in [3.05, 3.63) is 65.2 Å². The lowest BCUT2D eigenvalue weighted by Gasteiger charge is -2.13. The number of sulfone groups is 1. The molecule has 0 unspecified atom stereocenters. The summed E-state index contributed by atoms with van der Waals surface area (Å²) < 4.78 is 24.4. The summed E-state index contributed by atoms with van der Waals surface area (Å²) in [7, 11) is -3.50. The highest BCUT2D eigenvalue weighted by Crippen LogP contribution is 2.17. The Morgan fingerprint density at radius 1 is 1.00 bits per heavy atom. The van der Waals surface area contributed by atoms with E-state index in [0.717, 1.165) is 12.0 Å². The summed E-state index contributed by atoms with van der Waals surface area (Å²) in [4.78, 5) is 24.8. The Labute approximate surface area is 166 Å². The number of hydrogen-bond acceptors (Lipinski definition) is 4. The van der Waals surface area contributed by atoms with E-state index in [-0.39, 0.29) is 34.7 Å². The van der Waals surface area contributed by atoms with E-state index in [1.807, 2.05) is 13.8 Å². The van der Waals surface area contributed by atoms with Gasteiger partial charge in [0.25, 0.3) is 11.8 Å². The van der Waals surface area contributed by atoms with Crippen LogP contribution in [0.15, 0.2) is 53.4 Å². The van der Waals surface area contributed by atoms with Gasteiger partial charge in [0.05, 0.1) is 16.2 Å². The second kappa shape index (κ2) is 9.50. The molecule has 28 heavy (non-hydrogen) atoms. The third kappa shape index (κ3) is 5.42. The maximum atomic E-state index is 12.5. The lowest BCUT2D eigenvalue weighted by Crippen LogP contribution is -2.32. The Morgan fingerprint density at radius 2 is 1.71 bits per heavy atom. The van der Waals surface area contributed by atoms with E-state index < -0.39 is 15.7 Å². The van der Waals surface area contributed by atoms with Crippen LogP contribution in [0.5, 0.6) is 0 Å². The Balaban J connectivity index is 2.12. The van der Waals surface area contributed by atoms with Gasteiger partial charge in [-0.1, -0.05) is 38.1 Å². The standard InChI is InChI=1S/C21H26N2O4S/c1-4-15(3)23-20(24)17-10-8-9-16(13-17)14-22-21(25)18-11-6-7-12-19(18)28(26,27)5-2/h6-13,15H,4-5,14H2,1-3H3,(H,22,25)(H,23,24)/t15-/m0/s1. The Hall–Kier alpha value is -2.67. The molecule has 1 atom stereocenters. The zero-order valence-electron chi connectivity index (χ0n) is 16.4. The van der Waals surface area contributed by atoms with Gasteiger partial charge in [-0.3, -0.25) is 9.59 Å². The van der Waals surface area contributed by atoms with Gasteiger partial charge < -0.3 is 10.6 Å². The second-order valence-corrected chi connectivity index (χ2v) is 8.81. The van der Waals surface area contributed by atoms with Gasteiger partial charge in [0, 0.05) is 18.2 Å². The van der Waals surface area contributed by atoms with Crippen molar-refractivity contribution in [2.75, 3.05) is 5.75 Å². The Bertz CT molecular complexity index is 954. The Kier molecular flexibility index (Phi) is 7.34. The fraction of sp³-hybridized carbons (Fsp3) is 0.333. The van der Waals surface area contributed by atoms with Crippen LogP contribution in [-0.2, 0) is 16.4 Å². The molecule has 2 aromatic carbocycles. The molecule has 0 heterocycles. The maximum absolute atomic E-state index is 12.5. The van der Waals surface area contributed by atoms with Crippen molar-refractivity contribution in [3.8, 4) is 0 Å². The van der Waals surface area contributed by atoms with Crippen molar-refractivity contribution in [3.63, 3.8) is 0 Å². The van der Waals surface area contributed by atoms with E-state index >= 15 is 0 Å². The zero-order chi connectivity index (χ0) is 20.7. The second-order valence-electron chi connectivity index (χ2n) is 6.57. The van der Waals surface area contributed by atoms with Gasteiger partial charge in [-0.2, -0.15) is 0 Å². The minimum atomic E-state index is -3.50. The molecule has 0 saturated heterocycles. The number of hydrogen-bond donors (Lipinski definition) is 2. The largest absolute Gasteiger partial charge is 0.350 e. The molecule has 0 radical (unpaired) electrons. The molecule has 2 rings (SSSR count). The molecule has 0 saturated carbocycles. The summed E-state index contributed by atoms with van der Waals surface area (Å²) in [5.41, 5.74) is 1.39. The van der Waals surface area contributed by atoms with Crippen LogP contribution in [0.2, 0.25) is 0 Å². The molecule has 0 bridgehead atoms. The van der Waals surface area contributed by atoms with Crippen molar-refractivity contribution >= 4 is 21.7 Å². The number of nitrogens with one attached hydrogen (secondary N) is 2. The monoisotopic (exact) mass is 402 g/mol. The van der Waals surface area contributed by atoms with Crippen LogP contribution in [0.4, 0.5) is 0 Å². The minimum Gasteiger partial charge on any atom is -0.350 e. The highest BCUT2D eigenvalue weighted by atomic mass is 32.2. The number of benzene rings is 2. The summed E-state index contributed by atoms with van der Waals surface area (Å²) in [6.45, 7) is 5.65. The first kappa shape index (κ1) is 21.6. The van der Waals surface area contributed by atoms with Crippen LogP contribution in [0, 0.1) is 0 Å². The minimum absolute atomic E-state index is 0.0247. The first-order valence-electron chi connectivity index (χ1n) is 9.28. The SMILES string of the molecule is CC[C@H](C)NC(=O)c1cccc(CNC(=O)c2ccccc2S(=O)(=O)CC)c1. The fourth-order valence-corrected chi connectivity index (χ4v) is 3.68. The van der Waals surface area contributed by atoms with Crippen LogP contribution in [0.25, 0.3) is 0 Å². The first-order chi connectivity index (χ1) is 13.3.